The van der Waals surface area contributed by atoms with E-state index in [1.165, 1.54) is 12.4 Å². The summed E-state index contributed by atoms with van der Waals surface area (Å²) in [6, 6.07) is 7.00. The minimum Gasteiger partial charge on any atom is -0.437 e. The SMILES string of the molecule is N=C(N)c1nccnc1Oc1ccccc1CO. The van der Waals surface area contributed by atoms with Gasteiger partial charge in [-0.05, 0) is 6.07 Å². The van der Waals surface area contributed by atoms with Crippen LogP contribution in [0.4, 0.5) is 0 Å². The summed E-state index contributed by atoms with van der Waals surface area (Å²) in [6.07, 6.45) is 2.88. The van der Waals surface area contributed by atoms with Gasteiger partial charge < -0.3 is 15.6 Å². The van der Waals surface area contributed by atoms with Crippen LogP contribution in [0.5, 0.6) is 11.6 Å². The van der Waals surface area contributed by atoms with E-state index in [-0.39, 0.29) is 24.0 Å². The van der Waals surface area contributed by atoms with Crippen molar-refractivity contribution in [1.82, 2.24) is 9.97 Å². The number of para-hydroxylation sites is 1. The summed E-state index contributed by atoms with van der Waals surface area (Å²) in [6.45, 7) is -0.147. The fraction of sp³-hybridized carbons (Fsp3) is 0.0833. The number of nitrogen functional groups attached to an aromatic ring is 1. The number of aliphatic hydroxyl groups is 1. The van der Waals surface area contributed by atoms with Crippen molar-refractivity contribution in [3.8, 4) is 11.6 Å². The maximum Gasteiger partial charge on any atom is 0.249 e. The third-order valence-corrected chi connectivity index (χ3v) is 2.27. The van der Waals surface area contributed by atoms with Gasteiger partial charge in [0.25, 0.3) is 0 Å². The highest BCUT2D eigenvalue weighted by atomic mass is 16.5. The number of rotatable bonds is 4. The van der Waals surface area contributed by atoms with E-state index in [1.54, 1.807) is 24.3 Å². The Morgan fingerprint density at radius 3 is 2.72 bits per heavy atom. The first-order valence-corrected chi connectivity index (χ1v) is 5.24. The van der Waals surface area contributed by atoms with Crippen molar-refractivity contribution in [2.24, 2.45) is 5.73 Å². The minimum absolute atomic E-state index is 0.144. The van der Waals surface area contributed by atoms with Crippen molar-refractivity contribution >= 4 is 5.84 Å². The zero-order valence-electron chi connectivity index (χ0n) is 9.50. The molecule has 0 radical (unpaired) electrons. The molecule has 0 saturated carbocycles. The third-order valence-electron chi connectivity index (χ3n) is 2.27. The molecule has 0 unspecified atom stereocenters. The Hall–Kier alpha value is -2.47. The predicted molar refractivity (Wildman–Crippen MR) is 65.5 cm³/mol. The molecule has 0 aliphatic rings. The van der Waals surface area contributed by atoms with E-state index in [9.17, 15) is 5.11 Å². The number of hydrogen-bond acceptors (Lipinski definition) is 5. The zero-order valence-corrected chi connectivity index (χ0v) is 9.50. The molecule has 92 valence electrons. The van der Waals surface area contributed by atoms with E-state index < -0.39 is 0 Å². The lowest BCUT2D eigenvalue weighted by Crippen LogP contribution is -2.15. The summed E-state index contributed by atoms with van der Waals surface area (Å²) in [5, 5.41) is 16.6. The number of aromatic nitrogens is 2. The van der Waals surface area contributed by atoms with Crippen LogP contribution in [0.15, 0.2) is 36.7 Å². The number of hydrogen-bond donors (Lipinski definition) is 3. The van der Waals surface area contributed by atoms with E-state index >= 15 is 0 Å². The molecular formula is C12H12N4O2. The van der Waals surface area contributed by atoms with Crippen molar-refractivity contribution in [1.29, 1.82) is 5.41 Å². The Kier molecular flexibility index (Phi) is 3.49. The molecule has 0 amide bonds. The van der Waals surface area contributed by atoms with E-state index in [2.05, 4.69) is 9.97 Å². The van der Waals surface area contributed by atoms with Crippen LogP contribution in [0.1, 0.15) is 11.3 Å². The molecule has 0 aliphatic carbocycles. The highest BCUT2D eigenvalue weighted by Crippen LogP contribution is 2.25. The summed E-state index contributed by atoms with van der Waals surface area (Å²) in [5.41, 5.74) is 6.18. The van der Waals surface area contributed by atoms with Crippen LogP contribution in [0.2, 0.25) is 0 Å². The van der Waals surface area contributed by atoms with Gasteiger partial charge in [-0.25, -0.2) is 9.97 Å². The Labute approximate surface area is 104 Å². The van der Waals surface area contributed by atoms with Gasteiger partial charge in [0.2, 0.25) is 5.88 Å². The smallest absolute Gasteiger partial charge is 0.249 e. The Morgan fingerprint density at radius 2 is 2.00 bits per heavy atom. The molecule has 1 heterocycles. The Balaban J connectivity index is 2.37. The lowest BCUT2D eigenvalue weighted by atomic mass is 10.2. The van der Waals surface area contributed by atoms with Crippen molar-refractivity contribution in [2.75, 3.05) is 0 Å². The lowest BCUT2D eigenvalue weighted by molar-refractivity contribution is 0.276. The van der Waals surface area contributed by atoms with Gasteiger partial charge in [0, 0.05) is 18.0 Å². The van der Waals surface area contributed by atoms with E-state index in [0.717, 1.165) is 0 Å². The van der Waals surface area contributed by atoms with Crippen LogP contribution in [-0.2, 0) is 6.61 Å². The normalized spacial score (nSPS) is 10.1. The molecular weight excluding hydrogens is 232 g/mol. The van der Waals surface area contributed by atoms with Crippen molar-refractivity contribution in [2.45, 2.75) is 6.61 Å². The Bertz CT molecular complexity index is 572. The summed E-state index contributed by atoms with van der Waals surface area (Å²) in [5.74, 6) is 0.383. The van der Waals surface area contributed by atoms with E-state index in [1.807, 2.05) is 0 Å². The molecule has 0 fully saturated rings. The molecule has 1 aromatic carbocycles. The van der Waals surface area contributed by atoms with Gasteiger partial charge >= 0.3 is 0 Å². The number of ether oxygens (including phenoxy) is 1. The largest absolute Gasteiger partial charge is 0.437 e. The molecule has 0 aliphatic heterocycles. The summed E-state index contributed by atoms with van der Waals surface area (Å²) < 4.78 is 5.54. The third kappa shape index (κ3) is 2.44. The van der Waals surface area contributed by atoms with E-state index in [4.69, 9.17) is 15.9 Å². The number of aliphatic hydroxyl groups excluding tert-OH is 1. The fourth-order valence-electron chi connectivity index (χ4n) is 1.42. The van der Waals surface area contributed by atoms with Crippen LogP contribution in [0.3, 0.4) is 0 Å². The topological polar surface area (TPSA) is 105 Å². The zero-order chi connectivity index (χ0) is 13.0. The molecule has 18 heavy (non-hydrogen) atoms. The maximum absolute atomic E-state index is 9.19. The molecule has 0 bridgehead atoms. The first-order valence-electron chi connectivity index (χ1n) is 5.24. The van der Waals surface area contributed by atoms with Gasteiger partial charge in [-0.3, -0.25) is 5.41 Å². The second kappa shape index (κ2) is 5.24. The Morgan fingerprint density at radius 1 is 1.28 bits per heavy atom. The van der Waals surface area contributed by atoms with Crippen LogP contribution >= 0.6 is 0 Å². The van der Waals surface area contributed by atoms with Gasteiger partial charge in [0.1, 0.15) is 11.6 Å². The molecule has 4 N–H and O–H groups in total. The van der Waals surface area contributed by atoms with Gasteiger partial charge in [-0.15, -0.1) is 0 Å². The van der Waals surface area contributed by atoms with Gasteiger partial charge in [-0.2, -0.15) is 0 Å². The molecule has 0 spiro atoms. The lowest BCUT2D eigenvalue weighted by Gasteiger charge is -2.10. The molecule has 1 aromatic heterocycles. The highest BCUT2D eigenvalue weighted by Gasteiger charge is 2.12. The van der Waals surface area contributed by atoms with Crippen LogP contribution in [0, 0.1) is 5.41 Å². The van der Waals surface area contributed by atoms with Crippen molar-refractivity contribution in [3.63, 3.8) is 0 Å². The molecule has 2 aromatic rings. The van der Waals surface area contributed by atoms with Gasteiger partial charge in [-0.1, -0.05) is 18.2 Å². The maximum atomic E-state index is 9.19. The van der Waals surface area contributed by atoms with Gasteiger partial charge in [0.05, 0.1) is 6.61 Å². The summed E-state index contributed by atoms with van der Waals surface area (Å²) in [4.78, 5) is 7.91. The molecule has 6 nitrogen and oxygen atoms in total. The standard InChI is InChI=1S/C12H12N4O2/c13-11(14)10-12(16-6-5-15-10)18-9-4-2-1-3-8(9)7-17/h1-6,17H,7H2,(H3,13,14). The number of benzene rings is 1. The first-order chi connectivity index (χ1) is 8.72. The van der Waals surface area contributed by atoms with E-state index in [0.29, 0.717) is 11.3 Å². The van der Waals surface area contributed by atoms with Crippen molar-refractivity contribution in [3.05, 3.63) is 47.9 Å². The van der Waals surface area contributed by atoms with Crippen LogP contribution in [-0.4, -0.2) is 20.9 Å². The minimum atomic E-state index is -0.223. The van der Waals surface area contributed by atoms with Crippen LogP contribution in [0.25, 0.3) is 0 Å². The first kappa shape index (κ1) is 12.0. The molecule has 6 heteroatoms. The average Bonchev–Trinajstić information content (AvgIpc) is 2.40. The number of amidine groups is 1. The summed E-state index contributed by atoms with van der Waals surface area (Å²) >= 11 is 0. The fourth-order valence-corrected chi connectivity index (χ4v) is 1.42. The van der Waals surface area contributed by atoms with Crippen molar-refractivity contribution < 1.29 is 9.84 Å². The average molecular weight is 244 g/mol. The quantitative estimate of drug-likeness (QED) is 0.550. The second-order valence-electron chi connectivity index (χ2n) is 3.49. The molecule has 2 rings (SSSR count). The molecule has 0 atom stereocenters. The summed E-state index contributed by atoms with van der Waals surface area (Å²) in [7, 11) is 0. The number of nitrogens with two attached hydrogens (primary N) is 1. The molecule has 0 saturated heterocycles. The predicted octanol–water partition coefficient (Wildman–Crippen LogP) is 1.05. The number of nitrogens with one attached hydrogen (secondary N) is 1. The number of nitrogens with zero attached hydrogens (tertiary/aromatic N) is 2. The highest BCUT2D eigenvalue weighted by molar-refractivity contribution is 5.95. The second-order valence-corrected chi connectivity index (χ2v) is 3.49. The monoisotopic (exact) mass is 244 g/mol. The van der Waals surface area contributed by atoms with Gasteiger partial charge in [0.15, 0.2) is 5.69 Å². The van der Waals surface area contributed by atoms with Crippen LogP contribution < -0.4 is 10.5 Å².